The molecule has 0 bridgehead atoms. The van der Waals surface area contributed by atoms with E-state index in [0.29, 0.717) is 11.7 Å². The van der Waals surface area contributed by atoms with Crippen LogP contribution in [0.15, 0.2) is 36.7 Å². The third kappa shape index (κ3) is 3.35. The number of hydrogen-bond acceptors (Lipinski definition) is 5. The number of ether oxygens (including phenoxy) is 1. The highest BCUT2D eigenvalue weighted by atomic mass is 19.1. The second-order valence-corrected chi connectivity index (χ2v) is 6.77. The number of rotatable bonds is 5. The molecule has 1 aliphatic heterocycles. The fraction of sp³-hybridized carbons (Fsp3) is 0.368. The van der Waals surface area contributed by atoms with Crippen LogP contribution in [0, 0.1) is 5.82 Å². The number of halogens is 1. The van der Waals surface area contributed by atoms with Gasteiger partial charge in [0.2, 0.25) is 0 Å². The van der Waals surface area contributed by atoms with Crippen molar-refractivity contribution in [3.63, 3.8) is 0 Å². The maximum absolute atomic E-state index is 14.4. The molecule has 6 nitrogen and oxygen atoms in total. The average molecular weight is 355 g/mol. The Kier molecular flexibility index (Phi) is 4.46. The predicted octanol–water partition coefficient (Wildman–Crippen LogP) is 3.10. The van der Waals surface area contributed by atoms with Crippen molar-refractivity contribution >= 4 is 11.5 Å². The van der Waals surface area contributed by atoms with Gasteiger partial charge in [-0.15, -0.1) is 0 Å². The molecule has 1 fully saturated rings. The maximum Gasteiger partial charge on any atom is 0.181 e. The number of fused-ring (bicyclic) bond motifs is 1. The number of nitrogens with one attached hydrogen (secondary N) is 2. The van der Waals surface area contributed by atoms with Crippen LogP contribution in [0.1, 0.15) is 20.3 Å². The highest BCUT2D eigenvalue weighted by Gasteiger charge is 2.16. The summed E-state index contributed by atoms with van der Waals surface area (Å²) in [5.41, 5.74) is 2.10. The van der Waals surface area contributed by atoms with Crippen LogP contribution < -0.4 is 15.4 Å². The van der Waals surface area contributed by atoms with E-state index >= 15 is 0 Å². The van der Waals surface area contributed by atoms with Crippen LogP contribution in [-0.2, 0) is 0 Å². The Balaban J connectivity index is 1.67. The first kappa shape index (κ1) is 16.8. The first-order valence-electron chi connectivity index (χ1n) is 8.88. The maximum atomic E-state index is 14.4. The first-order valence-corrected chi connectivity index (χ1v) is 8.88. The van der Waals surface area contributed by atoms with Crippen LogP contribution in [-0.4, -0.2) is 39.6 Å². The minimum atomic E-state index is -0.420. The number of aromatic nitrogens is 3. The van der Waals surface area contributed by atoms with E-state index in [1.807, 2.05) is 32.0 Å². The normalized spacial score (nSPS) is 17.2. The van der Waals surface area contributed by atoms with Gasteiger partial charge in [0, 0.05) is 18.7 Å². The van der Waals surface area contributed by atoms with Crippen LogP contribution in [0.3, 0.4) is 0 Å². The van der Waals surface area contributed by atoms with Crippen molar-refractivity contribution < 1.29 is 9.13 Å². The molecule has 0 spiro atoms. The van der Waals surface area contributed by atoms with Gasteiger partial charge in [-0.05, 0) is 38.9 Å². The van der Waals surface area contributed by atoms with Gasteiger partial charge in [-0.1, -0.05) is 6.07 Å². The fourth-order valence-corrected chi connectivity index (χ4v) is 3.16. The summed E-state index contributed by atoms with van der Waals surface area (Å²) in [4.78, 5) is 9.06. The molecule has 0 aromatic carbocycles. The largest absolute Gasteiger partial charge is 0.488 e. The summed E-state index contributed by atoms with van der Waals surface area (Å²) in [7, 11) is 0. The minimum Gasteiger partial charge on any atom is -0.488 e. The number of nitrogens with zero attached hydrogens (tertiary/aromatic N) is 3. The van der Waals surface area contributed by atoms with Crippen molar-refractivity contribution in [1.29, 1.82) is 0 Å². The Morgan fingerprint density at radius 3 is 3.04 bits per heavy atom. The molecule has 1 aliphatic rings. The highest BCUT2D eigenvalue weighted by molar-refractivity contribution is 5.63. The highest BCUT2D eigenvalue weighted by Crippen LogP contribution is 2.26. The Bertz CT molecular complexity index is 917. The van der Waals surface area contributed by atoms with Gasteiger partial charge >= 0.3 is 0 Å². The smallest absolute Gasteiger partial charge is 0.181 e. The van der Waals surface area contributed by atoms with E-state index in [0.717, 1.165) is 36.7 Å². The average Bonchev–Trinajstić information content (AvgIpc) is 3.25. The molecule has 1 saturated heterocycles. The van der Waals surface area contributed by atoms with Crippen LogP contribution in [0.25, 0.3) is 17.0 Å². The first-order chi connectivity index (χ1) is 12.6. The molecule has 136 valence electrons. The van der Waals surface area contributed by atoms with Crippen LogP contribution in [0.4, 0.5) is 10.2 Å². The van der Waals surface area contributed by atoms with Crippen LogP contribution >= 0.6 is 0 Å². The van der Waals surface area contributed by atoms with Gasteiger partial charge < -0.3 is 15.4 Å². The zero-order valence-electron chi connectivity index (χ0n) is 14.9. The summed E-state index contributed by atoms with van der Waals surface area (Å²) in [5.74, 6) is 0.602. The molecular weight excluding hydrogens is 333 g/mol. The lowest BCUT2D eigenvalue weighted by atomic mass is 10.2. The van der Waals surface area contributed by atoms with Crippen molar-refractivity contribution in [2.75, 3.05) is 18.4 Å². The number of anilines is 1. The molecule has 7 heteroatoms. The van der Waals surface area contributed by atoms with E-state index in [1.54, 1.807) is 16.7 Å². The van der Waals surface area contributed by atoms with Gasteiger partial charge in [-0.25, -0.2) is 14.4 Å². The van der Waals surface area contributed by atoms with E-state index in [4.69, 9.17) is 4.74 Å². The molecule has 0 radical (unpaired) electrons. The van der Waals surface area contributed by atoms with E-state index in [1.165, 1.54) is 6.20 Å². The van der Waals surface area contributed by atoms with E-state index < -0.39 is 5.82 Å². The third-order valence-corrected chi connectivity index (χ3v) is 4.35. The van der Waals surface area contributed by atoms with Crippen molar-refractivity contribution in [3.05, 3.63) is 42.5 Å². The minimum absolute atomic E-state index is 0.101. The number of imidazole rings is 1. The van der Waals surface area contributed by atoms with Crippen LogP contribution in [0.5, 0.6) is 5.75 Å². The van der Waals surface area contributed by atoms with Crippen molar-refractivity contribution in [2.45, 2.75) is 32.4 Å². The van der Waals surface area contributed by atoms with Crippen molar-refractivity contribution in [1.82, 2.24) is 19.7 Å². The number of hydrogen-bond donors (Lipinski definition) is 2. The molecule has 2 N–H and O–H groups in total. The quantitative estimate of drug-likeness (QED) is 0.736. The molecular formula is C19H22FN5O. The molecule has 0 saturated carbocycles. The molecule has 3 aromatic heterocycles. The monoisotopic (exact) mass is 355 g/mol. The van der Waals surface area contributed by atoms with Gasteiger partial charge in [-0.3, -0.25) is 4.40 Å². The molecule has 0 aliphatic carbocycles. The van der Waals surface area contributed by atoms with Crippen LogP contribution in [0.2, 0.25) is 0 Å². The Morgan fingerprint density at radius 1 is 1.38 bits per heavy atom. The topological polar surface area (TPSA) is 63.5 Å². The Morgan fingerprint density at radius 2 is 2.27 bits per heavy atom. The SMILES string of the molecule is CC(C)Oc1cc2ncc(-c3cccc(NC4CCNC4)n3)n2cc1F. The second-order valence-electron chi connectivity index (χ2n) is 6.77. The Hall–Kier alpha value is -2.67. The summed E-state index contributed by atoms with van der Waals surface area (Å²) >= 11 is 0. The molecule has 0 amide bonds. The van der Waals surface area contributed by atoms with E-state index in [9.17, 15) is 4.39 Å². The molecule has 26 heavy (non-hydrogen) atoms. The summed E-state index contributed by atoms with van der Waals surface area (Å²) in [6.07, 6.45) is 4.08. The third-order valence-electron chi connectivity index (χ3n) is 4.35. The van der Waals surface area contributed by atoms with E-state index in [2.05, 4.69) is 20.6 Å². The van der Waals surface area contributed by atoms with Gasteiger partial charge in [0.15, 0.2) is 11.6 Å². The number of pyridine rings is 2. The lowest BCUT2D eigenvalue weighted by Crippen LogP contribution is -2.22. The van der Waals surface area contributed by atoms with Gasteiger partial charge in [-0.2, -0.15) is 0 Å². The molecule has 4 rings (SSSR count). The zero-order chi connectivity index (χ0) is 18.1. The summed E-state index contributed by atoms with van der Waals surface area (Å²) in [6.45, 7) is 5.68. The fourth-order valence-electron chi connectivity index (χ4n) is 3.16. The zero-order valence-corrected chi connectivity index (χ0v) is 14.9. The molecule has 4 heterocycles. The van der Waals surface area contributed by atoms with Crippen molar-refractivity contribution in [3.8, 4) is 17.1 Å². The van der Waals surface area contributed by atoms with Gasteiger partial charge in [0.25, 0.3) is 0 Å². The summed E-state index contributed by atoms with van der Waals surface area (Å²) in [5, 5.41) is 6.76. The summed E-state index contributed by atoms with van der Waals surface area (Å²) in [6, 6.07) is 7.79. The molecule has 3 aromatic rings. The summed E-state index contributed by atoms with van der Waals surface area (Å²) < 4.78 is 21.6. The predicted molar refractivity (Wildman–Crippen MR) is 99.0 cm³/mol. The lowest BCUT2D eigenvalue weighted by Gasteiger charge is -2.13. The van der Waals surface area contributed by atoms with Gasteiger partial charge in [0.05, 0.1) is 29.9 Å². The van der Waals surface area contributed by atoms with Gasteiger partial charge in [0.1, 0.15) is 11.5 Å². The second kappa shape index (κ2) is 6.92. The van der Waals surface area contributed by atoms with E-state index in [-0.39, 0.29) is 11.9 Å². The molecule has 1 atom stereocenters. The van der Waals surface area contributed by atoms with Crippen molar-refractivity contribution in [2.24, 2.45) is 0 Å². The molecule has 1 unspecified atom stereocenters. The standard InChI is InChI=1S/C19H22FN5O/c1-12(2)26-17-8-19-22-10-16(25(19)11-14(17)20)15-4-3-5-18(24-15)23-13-6-7-21-9-13/h3-5,8,10-13,21H,6-7,9H2,1-2H3,(H,23,24). The Labute approximate surface area is 151 Å². The lowest BCUT2D eigenvalue weighted by molar-refractivity contribution is 0.231.